The fourth-order valence-corrected chi connectivity index (χ4v) is 1.06. The number of hydrogen-bond donors (Lipinski definition) is 0. The summed E-state index contributed by atoms with van der Waals surface area (Å²) >= 11 is 0. The molecule has 0 rings (SSSR count). The zero-order valence-corrected chi connectivity index (χ0v) is 8.95. The van der Waals surface area contributed by atoms with Crippen molar-refractivity contribution in [3.05, 3.63) is 12.1 Å². The second-order valence-electron chi connectivity index (χ2n) is 2.18. The molecule has 0 aromatic carbocycles. The molecule has 0 saturated heterocycles. The molecular formula is C7H15O5P. The molecule has 0 fully saturated rings. The third kappa shape index (κ3) is 7.99. The standard InChI is InChI=1S/C7H15O5P/c1-4-9-11-6-7-13(3,8)12-10-5-2/h6-7H,4-5H2,1-3H3. The highest BCUT2D eigenvalue weighted by Crippen LogP contribution is 2.44. The summed E-state index contributed by atoms with van der Waals surface area (Å²) in [6, 6.07) is 0. The molecule has 5 nitrogen and oxygen atoms in total. The summed E-state index contributed by atoms with van der Waals surface area (Å²) in [6.07, 6.45) is 1.17. The van der Waals surface area contributed by atoms with Crippen molar-refractivity contribution >= 4 is 7.37 Å². The molecule has 1 atom stereocenters. The Kier molecular flexibility index (Phi) is 6.90. The fraction of sp³-hybridized carbons (Fsp3) is 0.714. The monoisotopic (exact) mass is 210 g/mol. The average molecular weight is 210 g/mol. The Labute approximate surface area is 77.9 Å². The second kappa shape index (κ2) is 7.09. The lowest BCUT2D eigenvalue weighted by atomic mass is 10.9. The minimum atomic E-state index is -2.86. The molecule has 0 aromatic heterocycles. The van der Waals surface area contributed by atoms with Crippen LogP contribution in [-0.4, -0.2) is 19.9 Å². The molecule has 0 aromatic rings. The zero-order valence-electron chi connectivity index (χ0n) is 8.06. The molecule has 0 saturated carbocycles. The highest BCUT2D eigenvalue weighted by Gasteiger charge is 2.12. The first-order valence-electron chi connectivity index (χ1n) is 3.96. The van der Waals surface area contributed by atoms with Gasteiger partial charge in [0.15, 0.2) is 0 Å². The second-order valence-corrected chi connectivity index (χ2v) is 4.44. The molecule has 0 amide bonds. The molecule has 0 aliphatic carbocycles. The van der Waals surface area contributed by atoms with Gasteiger partial charge in [0.2, 0.25) is 0 Å². The van der Waals surface area contributed by atoms with Crippen molar-refractivity contribution in [3.8, 4) is 0 Å². The van der Waals surface area contributed by atoms with Gasteiger partial charge in [0.1, 0.15) is 6.26 Å². The van der Waals surface area contributed by atoms with Crippen LogP contribution in [0.3, 0.4) is 0 Å². The van der Waals surface area contributed by atoms with Gasteiger partial charge in [-0.05, 0) is 13.8 Å². The van der Waals surface area contributed by atoms with E-state index in [9.17, 15) is 4.57 Å². The van der Waals surface area contributed by atoms with Gasteiger partial charge in [0.25, 0.3) is 7.37 Å². The lowest BCUT2D eigenvalue weighted by molar-refractivity contribution is -0.244. The van der Waals surface area contributed by atoms with Gasteiger partial charge < -0.3 is 4.89 Å². The third-order valence-electron chi connectivity index (χ3n) is 0.892. The highest BCUT2D eigenvalue weighted by molar-refractivity contribution is 7.61. The van der Waals surface area contributed by atoms with E-state index in [2.05, 4.69) is 19.3 Å². The van der Waals surface area contributed by atoms with Crippen molar-refractivity contribution in [1.82, 2.24) is 0 Å². The van der Waals surface area contributed by atoms with E-state index >= 15 is 0 Å². The van der Waals surface area contributed by atoms with Crippen molar-refractivity contribution in [2.75, 3.05) is 19.9 Å². The maximum absolute atomic E-state index is 11.4. The molecule has 6 heteroatoms. The van der Waals surface area contributed by atoms with Gasteiger partial charge in [-0.3, -0.25) is 4.57 Å². The van der Waals surface area contributed by atoms with E-state index in [-0.39, 0.29) is 0 Å². The molecule has 13 heavy (non-hydrogen) atoms. The minimum Gasteiger partial charge on any atom is -0.345 e. The van der Waals surface area contributed by atoms with Gasteiger partial charge in [-0.1, -0.05) is 0 Å². The summed E-state index contributed by atoms with van der Waals surface area (Å²) in [6.45, 7) is 5.69. The Morgan fingerprint density at radius 1 is 1.23 bits per heavy atom. The first-order valence-corrected chi connectivity index (χ1v) is 6.11. The Hall–Kier alpha value is -0.350. The molecule has 0 heterocycles. The molecule has 0 spiro atoms. The largest absolute Gasteiger partial charge is 0.345 e. The minimum absolute atomic E-state index is 0.345. The number of hydrogen-bond acceptors (Lipinski definition) is 5. The zero-order chi connectivity index (χ0) is 10.2. The van der Waals surface area contributed by atoms with Crippen LogP contribution in [0.4, 0.5) is 0 Å². The van der Waals surface area contributed by atoms with Crippen molar-refractivity contribution in [3.63, 3.8) is 0 Å². The van der Waals surface area contributed by atoms with Gasteiger partial charge in [-0.15, -0.1) is 0 Å². The smallest absolute Gasteiger partial charge is 0.256 e. The average Bonchev–Trinajstić information content (AvgIpc) is 2.09. The van der Waals surface area contributed by atoms with E-state index in [4.69, 9.17) is 0 Å². The third-order valence-corrected chi connectivity index (χ3v) is 1.96. The van der Waals surface area contributed by atoms with Gasteiger partial charge in [-0.2, -0.15) is 9.56 Å². The van der Waals surface area contributed by atoms with Gasteiger partial charge in [0.05, 0.1) is 13.2 Å². The molecule has 0 aliphatic rings. The van der Waals surface area contributed by atoms with Gasteiger partial charge in [-0.25, -0.2) is 4.89 Å². The topological polar surface area (TPSA) is 54.0 Å². The van der Waals surface area contributed by atoms with E-state index < -0.39 is 7.37 Å². The van der Waals surface area contributed by atoms with Gasteiger partial charge >= 0.3 is 0 Å². The summed E-state index contributed by atoms with van der Waals surface area (Å²) in [5.41, 5.74) is 0. The van der Waals surface area contributed by atoms with Crippen LogP contribution >= 0.6 is 7.37 Å². The molecule has 0 N–H and O–H groups in total. The number of rotatable bonds is 7. The molecule has 78 valence electrons. The van der Waals surface area contributed by atoms with Crippen LogP contribution in [-0.2, 0) is 23.9 Å². The van der Waals surface area contributed by atoms with Crippen molar-refractivity contribution in [2.24, 2.45) is 0 Å². The van der Waals surface area contributed by atoms with E-state index in [0.29, 0.717) is 13.2 Å². The van der Waals surface area contributed by atoms with E-state index in [1.54, 1.807) is 13.8 Å². The SMILES string of the molecule is CCOOC=CP(C)(=O)OOCC. The first kappa shape index (κ1) is 12.7. The summed E-state index contributed by atoms with van der Waals surface area (Å²) in [5, 5.41) is 0. The van der Waals surface area contributed by atoms with E-state index in [1.165, 1.54) is 18.7 Å². The van der Waals surface area contributed by atoms with Crippen LogP contribution in [0.25, 0.3) is 0 Å². The molecule has 0 aliphatic heterocycles. The van der Waals surface area contributed by atoms with Crippen LogP contribution in [0.5, 0.6) is 0 Å². The quantitative estimate of drug-likeness (QED) is 0.212. The molecular weight excluding hydrogens is 195 g/mol. The van der Waals surface area contributed by atoms with Crippen LogP contribution in [0, 0.1) is 0 Å². The van der Waals surface area contributed by atoms with Crippen molar-refractivity contribution in [2.45, 2.75) is 13.8 Å². The summed E-state index contributed by atoms with van der Waals surface area (Å²) in [7, 11) is -2.86. The Morgan fingerprint density at radius 2 is 1.85 bits per heavy atom. The maximum atomic E-state index is 11.4. The van der Waals surface area contributed by atoms with Gasteiger partial charge in [0, 0.05) is 12.5 Å². The Balaban J connectivity index is 3.73. The van der Waals surface area contributed by atoms with Crippen LogP contribution < -0.4 is 0 Å². The fourth-order valence-electron chi connectivity index (χ4n) is 0.425. The lowest BCUT2D eigenvalue weighted by Gasteiger charge is -2.06. The Morgan fingerprint density at radius 3 is 2.38 bits per heavy atom. The molecule has 0 radical (unpaired) electrons. The van der Waals surface area contributed by atoms with Crippen LogP contribution in [0.2, 0.25) is 0 Å². The lowest BCUT2D eigenvalue weighted by Crippen LogP contribution is -1.90. The van der Waals surface area contributed by atoms with E-state index in [0.717, 1.165) is 0 Å². The highest BCUT2D eigenvalue weighted by atomic mass is 31.2. The molecule has 0 bridgehead atoms. The van der Waals surface area contributed by atoms with Crippen LogP contribution in [0.1, 0.15) is 13.8 Å². The maximum Gasteiger partial charge on any atom is 0.256 e. The summed E-state index contributed by atoms with van der Waals surface area (Å²) in [4.78, 5) is 13.6. The molecule has 1 unspecified atom stereocenters. The van der Waals surface area contributed by atoms with Crippen molar-refractivity contribution < 1.29 is 23.9 Å². The first-order chi connectivity index (χ1) is 6.12. The van der Waals surface area contributed by atoms with Crippen LogP contribution in [0.15, 0.2) is 12.1 Å². The van der Waals surface area contributed by atoms with Crippen molar-refractivity contribution in [1.29, 1.82) is 0 Å². The Bertz CT molecular complexity index is 191. The summed E-state index contributed by atoms with van der Waals surface area (Å²) in [5.74, 6) is 1.26. The normalized spacial score (nSPS) is 15.9. The van der Waals surface area contributed by atoms with E-state index in [1.807, 2.05) is 0 Å². The summed E-state index contributed by atoms with van der Waals surface area (Å²) < 4.78 is 16.0. The predicted molar refractivity (Wildman–Crippen MR) is 48.1 cm³/mol. The predicted octanol–water partition coefficient (Wildman–Crippen LogP) is 2.30.